The van der Waals surface area contributed by atoms with Crippen molar-refractivity contribution in [1.82, 2.24) is 5.32 Å². The van der Waals surface area contributed by atoms with Crippen LogP contribution in [-0.2, 0) is 0 Å². The SMILES string of the molecule is CCC(CC)N[C]1CCCC1. The summed E-state index contributed by atoms with van der Waals surface area (Å²) < 4.78 is 0. The highest BCUT2D eigenvalue weighted by atomic mass is 14.9. The largest absolute Gasteiger partial charge is 0.307 e. The third kappa shape index (κ3) is 2.82. The molecule has 0 unspecified atom stereocenters. The minimum Gasteiger partial charge on any atom is -0.307 e. The van der Waals surface area contributed by atoms with E-state index in [4.69, 9.17) is 0 Å². The molecule has 1 nitrogen and oxygen atoms in total. The van der Waals surface area contributed by atoms with Crippen LogP contribution >= 0.6 is 0 Å². The van der Waals surface area contributed by atoms with Crippen molar-refractivity contribution in [2.45, 2.75) is 58.4 Å². The first-order chi connectivity index (χ1) is 5.36. The van der Waals surface area contributed by atoms with E-state index in [9.17, 15) is 0 Å². The Morgan fingerprint density at radius 2 is 1.73 bits per heavy atom. The number of hydrogen-bond donors (Lipinski definition) is 1. The Morgan fingerprint density at radius 3 is 2.18 bits per heavy atom. The number of hydrogen-bond acceptors (Lipinski definition) is 1. The fourth-order valence-corrected chi connectivity index (χ4v) is 1.73. The van der Waals surface area contributed by atoms with Crippen LogP contribution in [0.2, 0.25) is 0 Å². The highest BCUT2D eigenvalue weighted by Gasteiger charge is 2.17. The molecule has 1 heteroatoms. The van der Waals surface area contributed by atoms with Gasteiger partial charge in [0.05, 0.1) is 0 Å². The van der Waals surface area contributed by atoms with E-state index in [1.165, 1.54) is 38.5 Å². The molecule has 11 heavy (non-hydrogen) atoms. The minimum absolute atomic E-state index is 0.739. The summed E-state index contributed by atoms with van der Waals surface area (Å²) in [7, 11) is 0. The normalized spacial score (nSPS) is 19.9. The summed E-state index contributed by atoms with van der Waals surface area (Å²) in [5, 5.41) is 3.63. The maximum Gasteiger partial charge on any atom is 0.0366 e. The van der Waals surface area contributed by atoms with Gasteiger partial charge in [0.15, 0.2) is 0 Å². The summed E-state index contributed by atoms with van der Waals surface area (Å²) in [6, 6.07) is 2.35. The first kappa shape index (κ1) is 9.05. The molecule has 0 aromatic carbocycles. The Labute approximate surface area is 70.6 Å². The number of rotatable bonds is 4. The molecule has 0 bridgehead atoms. The van der Waals surface area contributed by atoms with Gasteiger partial charge in [0.2, 0.25) is 0 Å². The van der Waals surface area contributed by atoms with Crippen molar-refractivity contribution in [3.63, 3.8) is 0 Å². The second kappa shape index (κ2) is 4.76. The van der Waals surface area contributed by atoms with Crippen molar-refractivity contribution in [2.24, 2.45) is 0 Å². The molecule has 0 aromatic rings. The summed E-state index contributed by atoms with van der Waals surface area (Å²) in [6.45, 7) is 4.52. The van der Waals surface area contributed by atoms with Crippen LogP contribution in [0, 0.1) is 6.04 Å². The zero-order valence-electron chi connectivity index (χ0n) is 7.82. The van der Waals surface area contributed by atoms with Crippen molar-refractivity contribution in [3.8, 4) is 0 Å². The molecule has 1 N–H and O–H groups in total. The lowest BCUT2D eigenvalue weighted by molar-refractivity contribution is 0.481. The average Bonchev–Trinajstić information content (AvgIpc) is 2.52. The first-order valence-corrected chi connectivity index (χ1v) is 4.98. The zero-order chi connectivity index (χ0) is 8.10. The second-order valence-corrected chi connectivity index (χ2v) is 3.47. The Kier molecular flexibility index (Phi) is 3.92. The van der Waals surface area contributed by atoms with Gasteiger partial charge < -0.3 is 5.32 Å². The van der Waals surface area contributed by atoms with E-state index in [1.807, 2.05) is 0 Å². The van der Waals surface area contributed by atoms with Crippen molar-refractivity contribution < 1.29 is 0 Å². The molecule has 1 saturated carbocycles. The van der Waals surface area contributed by atoms with E-state index in [2.05, 4.69) is 19.2 Å². The van der Waals surface area contributed by atoms with Gasteiger partial charge in [0, 0.05) is 12.1 Å². The standard InChI is InChI=1S/C10H20N/c1-3-9(4-2)11-10-7-5-6-8-10/h9,11H,3-8H2,1-2H3. The molecule has 1 rings (SSSR count). The number of nitrogens with one attached hydrogen (secondary N) is 1. The minimum atomic E-state index is 0.739. The molecule has 65 valence electrons. The quantitative estimate of drug-likeness (QED) is 0.656. The van der Waals surface area contributed by atoms with Gasteiger partial charge in [-0.3, -0.25) is 0 Å². The summed E-state index contributed by atoms with van der Waals surface area (Å²) in [6.07, 6.45) is 8.00. The maximum absolute atomic E-state index is 3.63. The lowest BCUT2D eigenvalue weighted by atomic mass is 10.1. The van der Waals surface area contributed by atoms with Crippen LogP contribution in [0.15, 0.2) is 0 Å². The van der Waals surface area contributed by atoms with Gasteiger partial charge in [-0.1, -0.05) is 26.7 Å². The molecule has 0 aromatic heterocycles. The molecule has 1 radical (unpaired) electrons. The lowest BCUT2D eigenvalue weighted by Crippen LogP contribution is -2.30. The van der Waals surface area contributed by atoms with E-state index in [0.717, 1.165) is 6.04 Å². The zero-order valence-corrected chi connectivity index (χ0v) is 7.82. The van der Waals surface area contributed by atoms with Crippen LogP contribution in [0.25, 0.3) is 0 Å². The van der Waals surface area contributed by atoms with Gasteiger partial charge in [0.1, 0.15) is 0 Å². The highest BCUT2D eigenvalue weighted by molar-refractivity contribution is 4.93. The molecular formula is C10H20N. The fourth-order valence-electron chi connectivity index (χ4n) is 1.73. The summed E-state index contributed by atoms with van der Waals surface area (Å²) in [5.74, 6) is 0. The molecular weight excluding hydrogens is 134 g/mol. The topological polar surface area (TPSA) is 12.0 Å². The van der Waals surface area contributed by atoms with Crippen LogP contribution in [0.1, 0.15) is 52.4 Å². The molecule has 0 saturated heterocycles. The molecule has 0 heterocycles. The maximum atomic E-state index is 3.63. The van der Waals surface area contributed by atoms with Gasteiger partial charge >= 0.3 is 0 Å². The Hall–Kier alpha value is -0.0400. The molecule has 0 spiro atoms. The van der Waals surface area contributed by atoms with E-state index in [1.54, 1.807) is 6.04 Å². The molecule has 1 aliphatic rings. The van der Waals surface area contributed by atoms with Crippen molar-refractivity contribution >= 4 is 0 Å². The Bertz CT molecular complexity index is 91.0. The van der Waals surface area contributed by atoms with Crippen molar-refractivity contribution in [1.29, 1.82) is 0 Å². The monoisotopic (exact) mass is 154 g/mol. The third-order valence-electron chi connectivity index (χ3n) is 2.60. The van der Waals surface area contributed by atoms with Gasteiger partial charge in [-0.15, -0.1) is 0 Å². The van der Waals surface area contributed by atoms with Crippen molar-refractivity contribution in [2.75, 3.05) is 0 Å². The Balaban J connectivity index is 2.16. The molecule has 0 aliphatic heterocycles. The summed E-state index contributed by atoms with van der Waals surface area (Å²) in [5.41, 5.74) is 0. The highest BCUT2D eigenvalue weighted by Crippen LogP contribution is 2.25. The van der Waals surface area contributed by atoms with E-state index in [-0.39, 0.29) is 0 Å². The molecule has 1 aliphatic carbocycles. The smallest absolute Gasteiger partial charge is 0.0366 e. The van der Waals surface area contributed by atoms with Gasteiger partial charge in [0.25, 0.3) is 0 Å². The van der Waals surface area contributed by atoms with Crippen LogP contribution in [0.5, 0.6) is 0 Å². The molecule has 0 atom stereocenters. The van der Waals surface area contributed by atoms with Crippen LogP contribution in [0.4, 0.5) is 0 Å². The predicted molar refractivity (Wildman–Crippen MR) is 49.2 cm³/mol. The second-order valence-electron chi connectivity index (χ2n) is 3.47. The van der Waals surface area contributed by atoms with E-state index < -0.39 is 0 Å². The van der Waals surface area contributed by atoms with E-state index in [0.29, 0.717) is 0 Å². The summed E-state index contributed by atoms with van der Waals surface area (Å²) in [4.78, 5) is 0. The first-order valence-electron chi connectivity index (χ1n) is 4.98. The van der Waals surface area contributed by atoms with Crippen LogP contribution in [-0.4, -0.2) is 6.04 Å². The Morgan fingerprint density at radius 1 is 1.18 bits per heavy atom. The third-order valence-corrected chi connectivity index (χ3v) is 2.60. The fraction of sp³-hybridized carbons (Fsp3) is 0.900. The van der Waals surface area contributed by atoms with Gasteiger partial charge in [-0.05, 0) is 25.7 Å². The summed E-state index contributed by atoms with van der Waals surface area (Å²) >= 11 is 0. The average molecular weight is 154 g/mol. The molecule has 1 fully saturated rings. The van der Waals surface area contributed by atoms with Gasteiger partial charge in [-0.25, -0.2) is 0 Å². The van der Waals surface area contributed by atoms with Crippen molar-refractivity contribution in [3.05, 3.63) is 6.04 Å². The van der Waals surface area contributed by atoms with Crippen LogP contribution < -0.4 is 5.32 Å². The lowest BCUT2D eigenvalue weighted by Gasteiger charge is -2.19. The van der Waals surface area contributed by atoms with Crippen LogP contribution in [0.3, 0.4) is 0 Å². The predicted octanol–water partition coefficient (Wildman–Crippen LogP) is 2.87. The molecule has 0 amide bonds. The van der Waals surface area contributed by atoms with Gasteiger partial charge in [-0.2, -0.15) is 0 Å². The van der Waals surface area contributed by atoms with E-state index >= 15 is 0 Å².